The summed E-state index contributed by atoms with van der Waals surface area (Å²) in [6.45, 7) is 4.20. The fourth-order valence-corrected chi connectivity index (χ4v) is 1.10. The maximum absolute atomic E-state index is 8.97. The van der Waals surface area contributed by atoms with Crippen molar-refractivity contribution in [3.05, 3.63) is 23.9 Å². The van der Waals surface area contributed by atoms with Gasteiger partial charge < -0.3 is 10.4 Å². The van der Waals surface area contributed by atoms with Gasteiger partial charge in [-0.1, -0.05) is 6.92 Å². The van der Waals surface area contributed by atoms with Gasteiger partial charge in [0.1, 0.15) is 5.82 Å². The van der Waals surface area contributed by atoms with E-state index in [2.05, 4.69) is 10.3 Å². The van der Waals surface area contributed by atoms with Crippen molar-refractivity contribution in [2.24, 2.45) is 0 Å². The van der Waals surface area contributed by atoms with Crippen molar-refractivity contribution < 1.29 is 5.11 Å². The predicted molar refractivity (Wildman–Crippen MR) is 53.8 cm³/mol. The summed E-state index contributed by atoms with van der Waals surface area (Å²) in [7, 11) is 0. The molecule has 0 radical (unpaired) electrons. The van der Waals surface area contributed by atoms with Gasteiger partial charge in [-0.15, -0.1) is 0 Å². The lowest BCUT2D eigenvalue weighted by molar-refractivity contribution is 0.271. The molecule has 0 aliphatic heterocycles. The van der Waals surface area contributed by atoms with Crippen molar-refractivity contribution >= 4 is 5.82 Å². The largest absolute Gasteiger partial charge is 0.394 e. The Hall–Kier alpha value is -1.09. The molecule has 1 heterocycles. The van der Waals surface area contributed by atoms with E-state index in [4.69, 9.17) is 5.11 Å². The molecule has 0 aliphatic carbocycles. The first-order valence-corrected chi connectivity index (χ1v) is 4.56. The van der Waals surface area contributed by atoms with Crippen LogP contribution < -0.4 is 5.32 Å². The summed E-state index contributed by atoms with van der Waals surface area (Å²) < 4.78 is 0. The van der Waals surface area contributed by atoms with Crippen LogP contribution in [0.15, 0.2) is 18.3 Å². The maximum atomic E-state index is 8.97. The highest BCUT2D eigenvalue weighted by atomic mass is 16.3. The van der Waals surface area contributed by atoms with E-state index in [9.17, 15) is 0 Å². The number of aliphatic hydroxyl groups excluding tert-OH is 1. The third-order valence-electron chi connectivity index (χ3n) is 1.98. The molecule has 3 nitrogen and oxygen atoms in total. The minimum absolute atomic E-state index is 0.106. The van der Waals surface area contributed by atoms with Gasteiger partial charge in [0.05, 0.1) is 12.6 Å². The number of anilines is 1. The summed E-state index contributed by atoms with van der Waals surface area (Å²) in [5.74, 6) is 0.834. The smallest absolute Gasteiger partial charge is 0.126 e. The van der Waals surface area contributed by atoms with Crippen LogP contribution in [0.5, 0.6) is 0 Å². The first-order chi connectivity index (χ1) is 6.26. The number of rotatable bonds is 4. The van der Waals surface area contributed by atoms with E-state index < -0.39 is 0 Å². The first kappa shape index (κ1) is 9.99. The van der Waals surface area contributed by atoms with E-state index in [0.717, 1.165) is 12.2 Å². The Morgan fingerprint density at radius 1 is 1.62 bits per heavy atom. The first-order valence-electron chi connectivity index (χ1n) is 4.56. The fourth-order valence-electron chi connectivity index (χ4n) is 1.10. The van der Waals surface area contributed by atoms with Crippen LogP contribution in [0, 0.1) is 6.92 Å². The highest BCUT2D eigenvalue weighted by Crippen LogP contribution is 2.07. The van der Waals surface area contributed by atoms with Gasteiger partial charge in [0.25, 0.3) is 0 Å². The van der Waals surface area contributed by atoms with Crippen LogP contribution in [0.25, 0.3) is 0 Å². The van der Waals surface area contributed by atoms with Crippen molar-refractivity contribution in [2.75, 3.05) is 11.9 Å². The molecule has 0 saturated carbocycles. The van der Waals surface area contributed by atoms with Crippen LogP contribution in [0.1, 0.15) is 18.9 Å². The quantitative estimate of drug-likeness (QED) is 0.739. The van der Waals surface area contributed by atoms with Crippen molar-refractivity contribution in [2.45, 2.75) is 26.3 Å². The average molecular weight is 180 g/mol. The monoisotopic (exact) mass is 180 g/mol. The Morgan fingerprint density at radius 2 is 2.38 bits per heavy atom. The third-order valence-corrected chi connectivity index (χ3v) is 1.98. The van der Waals surface area contributed by atoms with Gasteiger partial charge in [-0.25, -0.2) is 4.98 Å². The molecule has 0 saturated heterocycles. The zero-order valence-corrected chi connectivity index (χ0v) is 8.12. The van der Waals surface area contributed by atoms with E-state index in [1.54, 1.807) is 6.20 Å². The van der Waals surface area contributed by atoms with E-state index in [1.165, 1.54) is 5.56 Å². The summed E-state index contributed by atoms with van der Waals surface area (Å²) in [5.41, 5.74) is 1.17. The molecule has 0 amide bonds. The molecule has 1 unspecified atom stereocenters. The second-order valence-corrected chi connectivity index (χ2v) is 3.15. The SMILES string of the molecule is CCC(CO)Nc1cc(C)ccn1. The Kier molecular flexibility index (Phi) is 3.71. The number of aromatic nitrogens is 1. The van der Waals surface area contributed by atoms with Crippen LogP contribution in [0.2, 0.25) is 0 Å². The van der Waals surface area contributed by atoms with Crippen molar-refractivity contribution in [1.82, 2.24) is 4.98 Å². The van der Waals surface area contributed by atoms with Gasteiger partial charge in [0, 0.05) is 6.20 Å². The number of nitrogens with one attached hydrogen (secondary N) is 1. The van der Waals surface area contributed by atoms with Gasteiger partial charge in [-0.3, -0.25) is 0 Å². The van der Waals surface area contributed by atoms with Crippen molar-refractivity contribution in [1.29, 1.82) is 0 Å². The second kappa shape index (κ2) is 4.82. The number of pyridine rings is 1. The number of hydrogen-bond acceptors (Lipinski definition) is 3. The summed E-state index contributed by atoms with van der Waals surface area (Å²) >= 11 is 0. The van der Waals surface area contributed by atoms with Gasteiger partial charge >= 0.3 is 0 Å². The highest BCUT2D eigenvalue weighted by molar-refractivity contribution is 5.37. The molecule has 72 valence electrons. The van der Waals surface area contributed by atoms with E-state index >= 15 is 0 Å². The number of aryl methyl sites for hydroxylation is 1. The Balaban J connectivity index is 2.62. The van der Waals surface area contributed by atoms with Gasteiger partial charge in [-0.05, 0) is 31.0 Å². The molecular weight excluding hydrogens is 164 g/mol. The minimum atomic E-state index is 0.106. The standard InChI is InChI=1S/C10H16N2O/c1-3-9(7-13)12-10-6-8(2)4-5-11-10/h4-6,9,13H,3,7H2,1-2H3,(H,11,12). The van der Waals surface area contributed by atoms with E-state index in [-0.39, 0.29) is 12.6 Å². The van der Waals surface area contributed by atoms with Crippen LogP contribution in [-0.2, 0) is 0 Å². The lowest BCUT2D eigenvalue weighted by Crippen LogP contribution is -2.23. The van der Waals surface area contributed by atoms with Gasteiger partial charge in [0.15, 0.2) is 0 Å². The lowest BCUT2D eigenvalue weighted by atomic mass is 10.2. The molecule has 0 spiro atoms. The molecule has 0 aliphatic rings. The third kappa shape index (κ3) is 3.03. The summed E-state index contributed by atoms with van der Waals surface area (Å²) in [6, 6.07) is 4.03. The Labute approximate surface area is 78.8 Å². The molecule has 1 aromatic rings. The van der Waals surface area contributed by atoms with Crippen molar-refractivity contribution in [3.63, 3.8) is 0 Å². The molecule has 0 bridgehead atoms. The maximum Gasteiger partial charge on any atom is 0.126 e. The molecular formula is C10H16N2O. The van der Waals surface area contributed by atoms with Crippen molar-refractivity contribution in [3.8, 4) is 0 Å². The van der Waals surface area contributed by atoms with Crippen LogP contribution in [-0.4, -0.2) is 22.7 Å². The highest BCUT2D eigenvalue weighted by Gasteiger charge is 2.03. The van der Waals surface area contributed by atoms with E-state index in [0.29, 0.717) is 0 Å². The molecule has 1 atom stereocenters. The molecule has 13 heavy (non-hydrogen) atoms. The predicted octanol–water partition coefficient (Wildman–Crippen LogP) is 1.57. The number of hydrogen-bond donors (Lipinski definition) is 2. The second-order valence-electron chi connectivity index (χ2n) is 3.15. The van der Waals surface area contributed by atoms with Gasteiger partial charge in [0.2, 0.25) is 0 Å². The number of nitrogens with zero attached hydrogens (tertiary/aromatic N) is 1. The topological polar surface area (TPSA) is 45.1 Å². The van der Waals surface area contributed by atoms with Crippen LogP contribution >= 0.6 is 0 Å². The molecule has 3 heteroatoms. The minimum Gasteiger partial charge on any atom is -0.394 e. The molecule has 0 fully saturated rings. The van der Waals surface area contributed by atoms with E-state index in [1.807, 2.05) is 26.0 Å². The molecule has 0 aromatic carbocycles. The van der Waals surface area contributed by atoms with Crippen LogP contribution in [0.3, 0.4) is 0 Å². The lowest BCUT2D eigenvalue weighted by Gasteiger charge is -2.14. The molecule has 2 N–H and O–H groups in total. The Morgan fingerprint density at radius 3 is 2.92 bits per heavy atom. The summed E-state index contributed by atoms with van der Waals surface area (Å²) in [4.78, 5) is 4.15. The number of aliphatic hydroxyl groups is 1. The normalized spacial score (nSPS) is 12.5. The zero-order chi connectivity index (χ0) is 9.68. The van der Waals surface area contributed by atoms with Gasteiger partial charge in [-0.2, -0.15) is 0 Å². The Bertz CT molecular complexity index is 259. The summed E-state index contributed by atoms with van der Waals surface area (Å²) in [5, 5.41) is 12.1. The average Bonchev–Trinajstić information content (AvgIpc) is 2.14. The van der Waals surface area contributed by atoms with Crippen LogP contribution in [0.4, 0.5) is 5.82 Å². The molecule has 1 rings (SSSR count). The molecule has 1 aromatic heterocycles. The fraction of sp³-hybridized carbons (Fsp3) is 0.500. The zero-order valence-electron chi connectivity index (χ0n) is 8.12. The summed E-state index contributed by atoms with van der Waals surface area (Å²) in [6.07, 6.45) is 2.66.